The van der Waals surface area contributed by atoms with Crippen molar-refractivity contribution in [3.05, 3.63) is 58.0 Å². The van der Waals surface area contributed by atoms with E-state index in [0.717, 1.165) is 43.3 Å². The third-order valence-electron chi connectivity index (χ3n) is 5.89. The Morgan fingerprint density at radius 3 is 2.31 bits per heavy atom. The zero-order valence-electron chi connectivity index (χ0n) is 19.5. The molecular weight excluding hydrogens is 426 g/mol. The number of amides is 2. The van der Waals surface area contributed by atoms with E-state index in [-0.39, 0.29) is 23.1 Å². The largest absolute Gasteiger partial charge is 0.465 e. The van der Waals surface area contributed by atoms with Gasteiger partial charge in [0.2, 0.25) is 5.91 Å². The highest BCUT2D eigenvalue weighted by molar-refractivity contribution is 6.30. The Morgan fingerprint density at radius 2 is 1.72 bits per heavy atom. The normalized spacial score (nSPS) is 15.5. The Labute approximate surface area is 195 Å². The van der Waals surface area contributed by atoms with E-state index in [4.69, 9.17) is 16.0 Å². The monoisotopic (exact) mass is 459 g/mol. The minimum Gasteiger partial charge on any atom is -0.465 e. The molecule has 1 aliphatic heterocycles. The van der Waals surface area contributed by atoms with Gasteiger partial charge in [0.15, 0.2) is 0 Å². The van der Waals surface area contributed by atoms with E-state index in [1.807, 2.05) is 45.0 Å². The first-order chi connectivity index (χ1) is 15.1. The predicted molar refractivity (Wildman–Crippen MR) is 127 cm³/mol. The van der Waals surface area contributed by atoms with Gasteiger partial charge in [0.05, 0.1) is 5.56 Å². The van der Waals surface area contributed by atoms with Crippen LogP contribution in [0.2, 0.25) is 5.02 Å². The van der Waals surface area contributed by atoms with Gasteiger partial charge in [-0.15, -0.1) is 0 Å². The topological polar surface area (TPSA) is 74.6 Å². The summed E-state index contributed by atoms with van der Waals surface area (Å²) in [6.45, 7) is 11.4. The minimum atomic E-state index is -0.175. The summed E-state index contributed by atoms with van der Waals surface area (Å²) in [7, 11) is 0. The average Bonchev–Trinajstić information content (AvgIpc) is 3.15. The molecule has 0 radical (unpaired) electrons. The van der Waals surface area contributed by atoms with Gasteiger partial charge in [0.1, 0.15) is 11.5 Å². The standard InChI is InChI=1S/C25H34ClN3O3/c1-17-21(15-22(32-17)25(2,3)4)24(31)28-12-11-27-23(30)19-9-13-29(14-10-19)16-18-5-7-20(26)8-6-18/h5-8,15,19H,9-14,16H2,1-4H3,(H,27,30)(H,28,31). The summed E-state index contributed by atoms with van der Waals surface area (Å²) in [6.07, 6.45) is 1.69. The molecule has 3 rings (SSSR count). The number of likely N-dealkylation sites (tertiary alicyclic amines) is 1. The van der Waals surface area contributed by atoms with E-state index < -0.39 is 0 Å². The highest BCUT2D eigenvalue weighted by atomic mass is 35.5. The van der Waals surface area contributed by atoms with Crippen LogP contribution in [0, 0.1) is 12.8 Å². The van der Waals surface area contributed by atoms with Gasteiger partial charge >= 0.3 is 0 Å². The summed E-state index contributed by atoms with van der Waals surface area (Å²) in [5.74, 6) is 1.32. The maximum absolute atomic E-state index is 12.5. The van der Waals surface area contributed by atoms with Crippen LogP contribution in [0.25, 0.3) is 0 Å². The molecule has 1 aromatic heterocycles. The van der Waals surface area contributed by atoms with Crippen molar-refractivity contribution in [1.82, 2.24) is 15.5 Å². The van der Waals surface area contributed by atoms with E-state index in [2.05, 4.69) is 15.5 Å². The Balaban J connectivity index is 1.36. The maximum Gasteiger partial charge on any atom is 0.254 e. The Morgan fingerprint density at radius 1 is 1.09 bits per heavy atom. The fourth-order valence-corrected chi connectivity index (χ4v) is 4.01. The molecule has 6 nitrogen and oxygen atoms in total. The van der Waals surface area contributed by atoms with Crippen LogP contribution in [0.4, 0.5) is 0 Å². The smallest absolute Gasteiger partial charge is 0.254 e. The first kappa shape index (κ1) is 24.3. The van der Waals surface area contributed by atoms with Crippen LogP contribution in [0.5, 0.6) is 0 Å². The number of aryl methyl sites for hydroxylation is 1. The number of hydrogen-bond donors (Lipinski definition) is 2. The fraction of sp³-hybridized carbons (Fsp3) is 0.520. The van der Waals surface area contributed by atoms with Crippen molar-refractivity contribution < 1.29 is 14.0 Å². The van der Waals surface area contributed by atoms with E-state index in [0.29, 0.717) is 24.4 Å². The van der Waals surface area contributed by atoms with E-state index in [1.54, 1.807) is 13.0 Å². The SMILES string of the molecule is Cc1oc(C(C)(C)C)cc1C(=O)NCCNC(=O)C1CCN(Cc2ccc(Cl)cc2)CC1. The summed E-state index contributed by atoms with van der Waals surface area (Å²) in [6, 6.07) is 9.72. The summed E-state index contributed by atoms with van der Waals surface area (Å²) < 4.78 is 5.73. The quantitative estimate of drug-likeness (QED) is 0.605. The van der Waals surface area contributed by atoms with Crippen molar-refractivity contribution in [2.45, 2.75) is 52.5 Å². The third kappa shape index (κ3) is 6.59. The van der Waals surface area contributed by atoms with Crippen molar-refractivity contribution in [1.29, 1.82) is 0 Å². The van der Waals surface area contributed by atoms with Gasteiger partial charge < -0.3 is 15.1 Å². The van der Waals surface area contributed by atoms with Crippen LogP contribution in [-0.4, -0.2) is 42.9 Å². The lowest BCUT2D eigenvalue weighted by atomic mass is 9.93. The van der Waals surface area contributed by atoms with Gasteiger partial charge in [0.25, 0.3) is 5.91 Å². The molecule has 1 aromatic carbocycles. The van der Waals surface area contributed by atoms with Crippen LogP contribution in [0.15, 0.2) is 34.7 Å². The second-order valence-corrected chi connectivity index (χ2v) is 9.99. The molecule has 0 bridgehead atoms. The first-order valence-corrected chi connectivity index (χ1v) is 11.6. The summed E-state index contributed by atoms with van der Waals surface area (Å²) >= 11 is 5.95. The molecule has 1 aliphatic rings. The highest BCUT2D eigenvalue weighted by Gasteiger charge is 2.25. The number of carbonyl (C=O) groups excluding carboxylic acids is 2. The Kier molecular flexibility index (Phi) is 8.01. The van der Waals surface area contributed by atoms with E-state index in [1.165, 1.54) is 5.56 Å². The molecule has 0 atom stereocenters. The maximum atomic E-state index is 12.5. The fourth-order valence-electron chi connectivity index (χ4n) is 3.88. The summed E-state index contributed by atoms with van der Waals surface area (Å²) in [5, 5.41) is 6.58. The number of carbonyl (C=O) groups is 2. The van der Waals surface area contributed by atoms with Crippen molar-refractivity contribution in [3.63, 3.8) is 0 Å². The molecule has 0 unspecified atom stereocenters. The molecule has 0 saturated carbocycles. The van der Waals surface area contributed by atoms with Gasteiger partial charge in [-0.3, -0.25) is 14.5 Å². The number of nitrogens with zero attached hydrogens (tertiary/aromatic N) is 1. The van der Waals surface area contributed by atoms with Crippen LogP contribution in [0.3, 0.4) is 0 Å². The molecule has 2 aromatic rings. The Bertz CT molecular complexity index is 923. The molecule has 0 aliphatic carbocycles. The van der Waals surface area contributed by atoms with Crippen molar-refractivity contribution in [2.24, 2.45) is 5.92 Å². The van der Waals surface area contributed by atoms with Crippen LogP contribution in [-0.2, 0) is 16.8 Å². The minimum absolute atomic E-state index is 0.0256. The van der Waals surface area contributed by atoms with Crippen molar-refractivity contribution in [3.8, 4) is 0 Å². The second-order valence-electron chi connectivity index (χ2n) is 9.55. The van der Waals surface area contributed by atoms with Gasteiger partial charge in [-0.1, -0.05) is 44.5 Å². The van der Waals surface area contributed by atoms with E-state index >= 15 is 0 Å². The van der Waals surface area contributed by atoms with Gasteiger partial charge in [-0.05, 0) is 56.6 Å². The molecule has 2 amide bonds. The van der Waals surface area contributed by atoms with Gasteiger partial charge in [0, 0.05) is 36.0 Å². The van der Waals surface area contributed by atoms with Crippen molar-refractivity contribution in [2.75, 3.05) is 26.2 Å². The zero-order valence-corrected chi connectivity index (χ0v) is 20.2. The molecule has 32 heavy (non-hydrogen) atoms. The third-order valence-corrected chi connectivity index (χ3v) is 6.14. The molecule has 1 saturated heterocycles. The number of nitrogens with one attached hydrogen (secondary N) is 2. The number of rotatable bonds is 7. The van der Waals surface area contributed by atoms with E-state index in [9.17, 15) is 9.59 Å². The number of benzene rings is 1. The number of hydrogen-bond acceptors (Lipinski definition) is 4. The molecular formula is C25H34ClN3O3. The molecule has 1 fully saturated rings. The van der Waals surface area contributed by atoms with Gasteiger partial charge in [-0.2, -0.15) is 0 Å². The summed E-state index contributed by atoms with van der Waals surface area (Å²) in [5.41, 5.74) is 1.63. The van der Waals surface area contributed by atoms with Gasteiger partial charge in [-0.25, -0.2) is 0 Å². The second kappa shape index (κ2) is 10.5. The molecule has 2 heterocycles. The zero-order chi connectivity index (χ0) is 23.3. The van der Waals surface area contributed by atoms with Crippen molar-refractivity contribution >= 4 is 23.4 Å². The first-order valence-electron chi connectivity index (χ1n) is 11.3. The molecule has 7 heteroatoms. The molecule has 174 valence electrons. The highest BCUT2D eigenvalue weighted by Crippen LogP contribution is 2.27. The van der Waals surface area contributed by atoms with Crippen LogP contribution >= 0.6 is 11.6 Å². The molecule has 0 spiro atoms. The van der Waals surface area contributed by atoms with Crippen LogP contribution in [0.1, 0.15) is 61.1 Å². The Hall–Kier alpha value is -2.31. The molecule has 2 N–H and O–H groups in total. The lowest BCUT2D eigenvalue weighted by Gasteiger charge is -2.31. The number of halogens is 1. The lowest BCUT2D eigenvalue weighted by molar-refractivity contribution is -0.126. The summed E-state index contributed by atoms with van der Waals surface area (Å²) in [4.78, 5) is 27.3. The predicted octanol–water partition coefficient (Wildman–Crippen LogP) is 4.30. The van der Waals surface area contributed by atoms with Crippen LogP contribution < -0.4 is 10.6 Å². The lowest BCUT2D eigenvalue weighted by Crippen LogP contribution is -2.42. The average molecular weight is 460 g/mol. The number of piperidine rings is 1. The number of furan rings is 1.